The highest BCUT2D eigenvalue weighted by Crippen LogP contribution is 2.24. The summed E-state index contributed by atoms with van der Waals surface area (Å²) in [7, 11) is 0. The van der Waals surface area contributed by atoms with Gasteiger partial charge < -0.3 is 24.5 Å². The molecule has 2 atom stereocenters. The van der Waals surface area contributed by atoms with Crippen LogP contribution < -0.4 is 10.6 Å². The Kier molecular flexibility index (Phi) is 13.9. The van der Waals surface area contributed by atoms with Crippen LogP contribution in [0.3, 0.4) is 0 Å². The van der Waals surface area contributed by atoms with E-state index >= 15 is 0 Å². The third kappa shape index (κ3) is 10.8. The highest BCUT2D eigenvalue weighted by Gasteiger charge is 2.27. The Labute approximate surface area is 282 Å². The Morgan fingerprint density at radius 1 is 0.681 bits per heavy atom. The van der Waals surface area contributed by atoms with Gasteiger partial charge in [0.25, 0.3) is 11.8 Å². The quantitative estimate of drug-likeness (QED) is 0.138. The molecule has 10 nitrogen and oxygen atoms in total. The van der Waals surface area contributed by atoms with Gasteiger partial charge in [0.05, 0.1) is 0 Å². The fourth-order valence-corrected chi connectivity index (χ4v) is 5.36. The van der Waals surface area contributed by atoms with E-state index < -0.39 is 24.0 Å². The molecule has 3 aromatic carbocycles. The summed E-state index contributed by atoms with van der Waals surface area (Å²) in [6, 6.07) is 24.6. The van der Waals surface area contributed by atoms with Crippen molar-refractivity contribution in [3.63, 3.8) is 0 Å². The molecule has 0 aliphatic carbocycles. The number of aromatic nitrogens is 1. The van der Waals surface area contributed by atoms with Crippen LogP contribution in [-0.4, -0.2) is 64.8 Å². The van der Waals surface area contributed by atoms with Gasteiger partial charge in [-0.15, -0.1) is 0 Å². The molecule has 2 N–H and O–H groups in total. The predicted octanol–water partition coefficient (Wildman–Crippen LogP) is 5.53. The van der Waals surface area contributed by atoms with Crippen LogP contribution in [-0.2, 0) is 32.3 Å². The molecule has 0 saturated carbocycles. The van der Waals surface area contributed by atoms with E-state index in [0.29, 0.717) is 41.0 Å². The Balaban J connectivity index is 1.47. The lowest BCUT2D eigenvalue weighted by Gasteiger charge is -2.18. The molecule has 47 heavy (non-hydrogen) atoms. The molecule has 0 radical (unpaired) electrons. The van der Waals surface area contributed by atoms with Crippen molar-refractivity contribution >= 4 is 47.3 Å². The molecule has 4 aromatic rings. The van der Waals surface area contributed by atoms with Crippen LogP contribution in [0.2, 0.25) is 0 Å². The van der Waals surface area contributed by atoms with E-state index in [4.69, 9.17) is 13.9 Å². The third-order valence-electron chi connectivity index (χ3n) is 6.97. The zero-order valence-corrected chi connectivity index (χ0v) is 27.8. The first-order valence-corrected chi connectivity index (χ1v) is 17.7. The van der Waals surface area contributed by atoms with Crippen LogP contribution in [0.4, 0.5) is 0 Å². The van der Waals surface area contributed by atoms with Gasteiger partial charge in [-0.3, -0.25) is 9.59 Å². The van der Waals surface area contributed by atoms with Gasteiger partial charge in [0, 0.05) is 16.7 Å². The van der Waals surface area contributed by atoms with E-state index in [1.54, 1.807) is 84.2 Å². The van der Waals surface area contributed by atoms with Gasteiger partial charge in [0.1, 0.15) is 24.4 Å². The molecular formula is C35H37N3O7S2. The molecule has 0 bridgehead atoms. The van der Waals surface area contributed by atoms with Crippen LogP contribution in [0, 0.1) is 0 Å². The fraction of sp³-hybridized carbons (Fsp3) is 0.286. The van der Waals surface area contributed by atoms with Gasteiger partial charge in [-0.1, -0.05) is 54.6 Å². The zero-order chi connectivity index (χ0) is 33.4. The van der Waals surface area contributed by atoms with Crippen molar-refractivity contribution in [3.05, 3.63) is 114 Å². The van der Waals surface area contributed by atoms with Crippen LogP contribution in [0.15, 0.2) is 95.4 Å². The van der Waals surface area contributed by atoms with E-state index in [1.165, 1.54) is 0 Å². The van der Waals surface area contributed by atoms with Crippen molar-refractivity contribution in [2.45, 2.75) is 38.1 Å². The van der Waals surface area contributed by atoms with E-state index in [-0.39, 0.29) is 42.4 Å². The standard InChI is InChI=1S/C35H37N3O7S2/c1-46-20-18-27(36-31(39)24-12-6-3-7-13-24)34(41)43-22-29-30(45-33(38-29)26-16-10-5-11-17-26)23-44-35(42)28(19-21-47-2)37-32(40)25-14-8-4-9-15-25/h3-17,27-28H,18-23H2,1-2H3,(H,36,39)(H,37,40)/t27-,28-/m0/s1. The summed E-state index contributed by atoms with van der Waals surface area (Å²) in [4.78, 5) is 56.6. The molecule has 1 aromatic heterocycles. The van der Waals surface area contributed by atoms with Crippen LogP contribution in [0.1, 0.15) is 45.0 Å². The number of esters is 2. The second kappa shape index (κ2) is 18.6. The maximum atomic E-state index is 13.2. The minimum Gasteiger partial charge on any atom is -0.458 e. The number of rotatable bonds is 17. The van der Waals surface area contributed by atoms with Crippen LogP contribution in [0.5, 0.6) is 0 Å². The lowest BCUT2D eigenvalue weighted by molar-refractivity contribution is -0.149. The molecule has 4 rings (SSSR count). The Morgan fingerprint density at radius 2 is 1.13 bits per heavy atom. The molecular weight excluding hydrogens is 639 g/mol. The number of nitrogens with zero attached hydrogens (tertiary/aromatic N) is 1. The minimum atomic E-state index is -0.890. The van der Waals surface area contributed by atoms with Gasteiger partial charge in [-0.05, 0) is 73.3 Å². The summed E-state index contributed by atoms with van der Waals surface area (Å²) in [5.74, 6) is -0.341. The number of hydrogen-bond acceptors (Lipinski definition) is 10. The van der Waals surface area contributed by atoms with Gasteiger partial charge in [0.2, 0.25) is 5.89 Å². The summed E-state index contributed by atoms with van der Waals surface area (Å²) >= 11 is 3.09. The topological polar surface area (TPSA) is 137 Å². The normalized spacial score (nSPS) is 12.0. The minimum absolute atomic E-state index is 0.192. The number of carbonyl (C=O) groups is 4. The highest BCUT2D eigenvalue weighted by atomic mass is 32.2. The maximum Gasteiger partial charge on any atom is 0.329 e. The summed E-state index contributed by atoms with van der Waals surface area (Å²) < 4.78 is 17.3. The van der Waals surface area contributed by atoms with Crippen LogP contribution >= 0.6 is 23.5 Å². The molecule has 1 heterocycles. The molecule has 0 aliphatic heterocycles. The van der Waals surface area contributed by atoms with Crippen molar-refractivity contribution < 1.29 is 33.1 Å². The number of hydrogen-bond donors (Lipinski definition) is 2. The van der Waals surface area contributed by atoms with Crippen molar-refractivity contribution in [1.29, 1.82) is 0 Å². The molecule has 12 heteroatoms. The molecule has 246 valence electrons. The Hall–Kier alpha value is -4.55. The second-order valence-electron chi connectivity index (χ2n) is 10.3. The summed E-state index contributed by atoms with van der Waals surface area (Å²) in [5, 5.41) is 5.54. The van der Waals surface area contributed by atoms with E-state index in [2.05, 4.69) is 15.6 Å². The van der Waals surface area contributed by atoms with Crippen molar-refractivity contribution in [2.24, 2.45) is 0 Å². The number of carbonyl (C=O) groups excluding carboxylic acids is 4. The summed E-state index contributed by atoms with van der Waals surface area (Å²) in [6.07, 6.45) is 4.55. The summed E-state index contributed by atoms with van der Waals surface area (Å²) in [6.45, 7) is -0.581. The Morgan fingerprint density at radius 3 is 1.60 bits per heavy atom. The SMILES string of the molecule is CSCC[C@H](NC(=O)c1ccccc1)C(=O)OCc1nc(-c2ccccc2)oc1COC(=O)[C@H](CCSC)NC(=O)c1ccccc1. The van der Waals surface area contributed by atoms with Gasteiger partial charge in [0.15, 0.2) is 12.4 Å². The summed E-state index contributed by atoms with van der Waals surface area (Å²) in [5.41, 5.74) is 1.80. The average molecular weight is 676 g/mol. The molecule has 0 fully saturated rings. The predicted molar refractivity (Wildman–Crippen MR) is 183 cm³/mol. The first-order valence-electron chi connectivity index (χ1n) is 15.0. The molecule has 2 amide bonds. The average Bonchev–Trinajstić information content (AvgIpc) is 3.53. The lowest BCUT2D eigenvalue weighted by atomic mass is 10.1. The number of oxazole rings is 1. The van der Waals surface area contributed by atoms with Gasteiger partial charge in [-0.25, -0.2) is 14.6 Å². The number of thioether (sulfide) groups is 2. The molecule has 0 aliphatic rings. The van der Waals surface area contributed by atoms with E-state index in [0.717, 1.165) is 0 Å². The van der Waals surface area contributed by atoms with Crippen molar-refractivity contribution in [3.8, 4) is 11.5 Å². The smallest absolute Gasteiger partial charge is 0.329 e. The number of nitrogens with one attached hydrogen (secondary N) is 2. The fourth-order valence-electron chi connectivity index (χ4n) is 4.42. The zero-order valence-electron chi connectivity index (χ0n) is 26.2. The van der Waals surface area contributed by atoms with Crippen molar-refractivity contribution in [1.82, 2.24) is 15.6 Å². The third-order valence-corrected chi connectivity index (χ3v) is 8.26. The lowest BCUT2D eigenvalue weighted by Crippen LogP contribution is -2.42. The monoisotopic (exact) mass is 675 g/mol. The molecule has 0 unspecified atom stereocenters. The number of amides is 2. The largest absolute Gasteiger partial charge is 0.458 e. The maximum absolute atomic E-state index is 13.2. The van der Waals surface area contributed by atoms with E-state index in [9.17, 15) is 19.2 Å². The molecule has 0 spiro atoms. The van der Waals surface area contributed by atoms with Crippen molar-refractivity contribution in [2.75, 3.05) is 24.0 Å². The Bertz CT molecular complexity index is 1500. The first-order chi connectivity index (χ1) is 22.9. The second-order valence-corrected chi connectivity index (χ2v) is 12.3. The highest BCUT2D eigenvalue weighted by molar-refractivity contribution is 7.98. The number of ether oxygens (including phenoxy) is 2. The van der Waals surface area contributed by atoms with Gasteiger partial charge >= 0.3 is 11.9 Å². The first kappa shape index (κ1) is 35.3. The number of benzene rings is 3. The van der Waals surface area contributed by atoms with Gasteiger partial charge in [-0.2, -0.15) is 23.5 Å². The molecule has 0 saturated heterocycles. The van der Waals surface area contributed by atoms with E-state index in [1.807, 2.05) is 42.8 Å². The van der Waals surface area contributed by atoms with Crippen LogP contribution in [0.25, 0.3) is 11.5 Å².